The lowest BCUT2D eigenvalue weighted by Crippen LogP contribution is -2.11. The Labute approximate surface area is 156 Å². The number of nitrogens with zero attached hydrogens (tertiary/aromatic N) is 1. The summed E-state index contributed by atoms with van der Waals surface area (Å²) in [4.78, 5) is 0.285. The largest absolute Gasteiger partial charge is 0.497 e. The molecule has 0 N–H and O–H groups in total. The smallest absolute Gasteiger partial charge is 0.268 e. The second kappa shape index (κ2) is 7.22. The Balaban J connectivity index is 2.19. The number of rotatable bonds is 6. The van der Waals surface area contributed by atoms with Gasteiger partial charge in [-0.25, -0.2) is 12.4 Å². The average Bonchev–Trinajstić information content (AvgIpc) is 3.00. The topological polar surface area (TPSA) is 48.3 Å². The van der Waals surface area contributed by atoms with Crippen LogP contribution in [0.4, 0.5) is 0 Å². The van der Waals surface area contributed by atoms with Crippen LogP contribution in [-0.2, 0) is 21.8 Å². The van der Waals surface area contributed by atoms with Crippen LogP contribution in [0.5, 0.6) is 5.75 Å². The summed E-state index contributed by atoms with van der Waals surface area (Å²) in [6, 6.07) is 12.4. The molecule has 0 radical (unpaired) electrons. The third-order valence-electron chi connectivity index (χ3n) is 4.21. The van der Waals surface area contributed by atoms with Crippen LogP contribution in [0.1, 0.15) is 24.5 Å². The minimum absolute atomic E-state index is 0.285. The van der Waals surface area contributed by atoms with Crippen molar-refractivity contribution in [3.8, 4) is 5.75 Å². The maximum absolute atomic E-state index is 13.1. The predicted molar refractivity (Wildman–Crippen MR) is 104 cm³/mol. The van der Waals surface area contributed by atoms with Crippen molar-refractivity contribution in [1.29, 1.82) is 0 Å². The summed E-state index contributed by atoms with van der Waals surface area (Å²) >= 11 is 3.38. The second-order valence-corrected chi connectivity index (χ2v) is 8.24. The number of benzene rings is 2. The quantitative estimate of drug-likeness (QED) is 0.540. The van der Waals surface area contributed by atoms with Gasteiger partial charge in [-0.2, -0.15) is 0 Å². The van der Waals surface area contributed by atoms with Crippen LogP contribution in [0.3, 0.4) is 0 Å². The highest BCUT2D eigenvalue weighted by Crippen LogP contribution is 2.30. The van der Waals surface area contributed by atoms with Crippen LogP contribution >= 0.6 is 15.9 Å². The number of fused-ring (bicyclic) bond motifs is 1. The van der Waals surface area contributed by atoms with Gasteiger partial charge in [0.05, 0.1) is 17.5 Å². The van der Waals surface area contributed by atoms with E-state index < -0.39 is 10.0 Å². The molecule has 0 bridgehead atoms. The third kappa shape index (κ3) is 3.33. The van der Waals surface area contributed by atoms with Crippen molar-refractivity contribution in [2.24, 2.45) is 0 Å². The lowest BCUT2D eigenvalue weighted by Gasteiger charge is -2.08. The Kier molecular flexibility index (Phi) is 5.20. The molecule has 0 spiro atoms. The maximum atomic E-state index is 13.1. The van der Waals surface area contributed by atoms with E-state index in [4.69, 9.17) is 4.74 Å². The lowest BCUT2D eigenvalue weighted by atomic mass is 10.1. The molecule has 0 unspecified atom stereocenters. The molecule has 132 valence electrons. The minimum Gasteiger partial charge on any atom is -0.497 e. The molecule has 0 aliphatic carbocycles. The van der Waals surface area contributed by atoms with Crippen LogP contribution in [0.15, 0.2) is 53.6 Å². The Bertz CT molecular complexity index is 991. The van der Waals surface area contributed by atoms with Gasteiger partial charge in [-0.3, -0.25) is 0 Å². The monoisotopic (exact) mass is 421 g/mol. The number of aromatic nitrogens is 1. The number of hydrogen-bond acceptors (Lipinski definition) is 3. The molecule has 1 aromatic heterocycles. The molecule has 1 heterocycles. The van der Waals surface area contributed by atoms with E-state index in [0.717, 1.165) is 35.1 Å². The van der Waals surface area contributed by atoms with Crippen molar-refractivity contribution in [3.63, 3.8) is 0 Å². The molecule has 0 amide bonds. The van der Waals surface area contributed by atoms with E-state index in [1.165, 1.54) is 3.97 Å². The highest BCUT2D eigenvalue weighted by Gasteiger charge is 2.21. The van der Waals surface area contributed by atoms with E-state index in [-0.39, 0.29) is 4.90 Å². The molecule has 6 heteroatoms. The van der Waals surface area contributed by atoms with E-state index in [0.29, 0.717) is 10.8 Å². The van der Waals surface area contributed by atoms with Gasteiger partial charge in [0, 0.05) is 16.9 Å². The summed E-state index contributed by atoms with van der Waals surface area (Å²) < 4.78 is 33.0. The molecule has 0 saturated carbocycles. The SMILES string of the molecule is CCCc1cn(S(=O)(=O)c2ccc(CBr)cc2)c2ccc(OC)cc12. The molecule has 3 aromatic rings. The fourth-order valence-electron chi connectivity index (χ4n) is 2.90. The van der Waals surface area contributed by atoms with Gasteiger partial charge in [0.15, 0.2) is 0 Å². The van der Waals surface area contributed by atoms with Gasteiger partial charge in [-0.05, 0) is 47.9 Å². The zero-order valence-corrected chi connectivity index (χ0v) is 16.6. The summed E-state index contributed by atoms with van der Waals surface area (Å²) in [6.07, 6.45) is 3.49. The van der Waals surface area contributed by atoms with E-state index in [9.17, 15) is 8.42 Å². The molecule has 0 fully saturated rings. The summed E-state index contributed by atoms with van der Waals surface area (Å²) in [6.45, 7) is 2.08. The first kappa shape index (κ1) is 18.0. The van der Waals surface area contributed by atoms with Crippen LogP contribution < -0.4 is 4.74 Å². The number of methoxy groups -OCH3 is 1. The highest BCUT2D eigenvalue weighted by molar-refractivity contribution is 9.08. The van der Waals surface area contributed by atoms with Gasteiger partial charge >= 0.3 is 0 Å². The summed E-state index contributed by atoms with van der Waals surface area (Å²) in [5.74, 6) is 0.724. The van der Waals surface area contributed by atoms with Crippen molar-refractivity contribution in [2.75, 3.05) is 7.11 Å². The fourth-order valence-corrected chi connectivity index (χ4v) is 4.67. The lowest BCUT2D eigenvalue weighted by molar-refractivity contribution is 0.415. The Morgan fingerprint density at radius 2 is 1.84 bits per heavy atom. The van der Waals surface area contributed by atoms with Crippen molar-refractivity contribution < 1.29 is 13.2 Å². The fraction of sp³-hybridized carbons (Fsp3) is 0.263. The minimum atomic E-state index is -3.65. The van der Waals surface area contributed by atoms with Crippen molar-refractivity contribution in [2.45, 2.75) is 30.0 Å². The molecule has 0 atom stereocenters. The van der Waals surface area contributed by atoms with Crippen LogP contribution in [0.25, 0.3) is 10.9 Å². The first-order valence-corrected chi connectivity index (χ1v) is 10.7. The van der Waals surface area contributed by atoms with Gasteiger partial charge < -0.3 is 4.74 Å². The summed E-state index contributed by atoms with van der Waals surface area (Å²) in [5.41, 5.74) is 2.72. The van der Waals surface area contributed by atoms with Gasteiger partial charge in [-0.1, -0.05) is 41.4 Å². The second-order valence-electron chi connectivity index (χ2n) is 5.87. The van der Waals surface area contributed by atoms with Crippen LogP contribution in [-0.4, -0.2) is 19.5 Å². The summed E-state index contributed by atoms with van der Waals surface area (Å²) in [5, 5.41) is 1.61. The number of hydrogen-bond donors (Lipinski definition) is 0. The molecular weight excluding hydrogens is 402 g/mol. The van der Waals surface area contributed by atoms with Gasteiger partial charge in [-0.15, -0.1) is 0 Å². The van der Waals surface area contributed by atoms with Gasteiger partial charge in [0.25, 0.3) is 10.0 Å². The standard InChI is InChI=1S/C19H20BrNO3S/c1-3-4-15-13-21(19-10-7-16(24-2)11-18(15)19)25(22,23)17-8-5-14(12-20)6-9-17/h5-11,13H,3-4,12H2,1-2H3. The predicted octanol–water partition coefficient (Wildman–Crippen LogP) is 4.73. The van der Waals surface area contributed by atoms with E-state index in [1.54, 1.807) is 37.6 Å². The molecule has 0 aliphatic rings. The Hall–Kier alpha value is -1.79. The average molecular weight is 422 g/mol. The maximum Gasteiger partial charge on any atom is 0.268 e. The van der Waals surface area contributed by atoms with Crippen LogP contribution in [0, 0.1) is 0 Å². The van der Waals surface area contributed by atoms with E-state index >= 15 is 0 Å². The third-order valence-corrected chi connectivity index (χ3v) is 6.55. The zero-order valence-electron chi connectivity index (χ0n) is 14.2. The molecule has 25 heavy (non-hydrogen) atoms. The molecule has 2 aromatic carbocycles. The van der Waals surface area contributed by atoms with Crippen molar-refractivity contribution in [1.82, 2.24) is 3.97 Å². The molecular formula is C19H20BrNO3S. The molecule has 4 nitrogen and oxygen atoms in total. The molecule has 0 saturated heterocycles. The Morgan fingerprint density at radius 3 is 2.44 bits per heavy atom. The van der Waals surface area contributed by atoms with E-state index in [1.807, 2.05) is 18.2 Å². The number of halogens is 1. The molecule has 3 rings (SSSR count). The van der Waals surface area contributed by atoms with Gasteiger partial charge in [0.1, 0.15) is 5.75 Å². The van der Waals surface area contributed by atoms with Crippen LogP contribution in [0.2, 0.25) is 0 Å². The van der Waals surface area contributed by atoms with Crippen molar-refractivity contribution >= 4 is 36.9 Å². The van der Waals surface area contributed by atoms with E-state index in [2.05, 4.69) is 22.9 Å². The first-order chi connectivity index (χ1) is 12.0. The Morgan fingerprint density at radius 1 is 1.12 bits per heavy atom. The summed E-state index contributed by atoms with van der Waals surface area (Å²) in [7, 11) is -2.04. The number of aryl methyl sites for hydroxylation is 1. The van der Waals surface area contributed by atoms with Crippen molar-refractivity contribution in [3.05, 3.63) is 59.8 Å². The number of alkyl halides is 1. The normalized spacial score (nSPS) is 11.8. The highest BCUT2D eigenvalue weighted by atomic mass is 79.9. The molecule has 0 aliphatic heterocycles. The zero-order chi connectivity index (χ0) is 18.0. The first-order valence-electron chi connectivity index (χ1n) is 8.09. The number of ether oxygens (including phenoxy) is 1. The van der Waals surface area contributed by atoms with Gasteiger partial charge in [0.2, 0.25) is 0 Å².